The molecule has 0 aliphatic carbocycles. The average molecular weight is 471 g/mol. The average Bonchev–Trinajstić information content (AvgIpc) is 3.26. The van der Waals surface area contributed by atoms with Gasteiger partial charge in [0, 0.05) is 29.0 Å². The van der Waals surface area contributed by atoms with Crippen LogP contribution in [0.1, 0.15) is 30.9 Å². The van der Waals surface area contributed by atoms with Crippen LogP contribution in [0, 0.1) is 0 Å². The first-order chi connectivity index (χ1) is 15.8. The topological polar surface area (TPSA) is 74.8 Å². The van der Waals surface area contributed by atoms with Crippen molar-refractivity contribution < 1.29 is 13.2 Å². The number of nitrogens with zero attached hydrogens (tertiary/aromatic N) is 3. The Morgan fingerprint density at radius 3 is 2.33 bits per heavy atom. The monoisotopic (exact) mass is 470 g/mol. The molecule has 0 aliphatic heterocycles. The summed E-state index contributed by atoms with van der Waals surface area (Å²) in [5.74, 6) is 0.368. The summed E-state index contributed by atoms with van der Waals surface area (Å²) < 4.78 is 38.8. The van der Waals surface area contributed by atoms with Crippen LogP contribution in [-0.2, 0) is 6.18 Å². The molecule has 4 rings (SSSR count). The zero-order valence-corrected chi connectivity index (χ0v) is 18.6. The van der Waals surface area contributed by atoms with Crippen LogP contribution >= 0.6 is 11.3 Å². The summed E-state index contributed by atoms with van der Waals surface area (Å²) in [4.78, 5) is 13.0. The molecular formula is C23H21F3N6S. The van der Waals surface area contributed by atoms with E-state index in [-0.39, 0.29) is 0 Å². The van der Waals surface area contributed by atoms with Crippen molar-refractivity contribution in [3.8, 4) is 11.3 Å². The Bertz CT molecular complexity index is 1240. The molecule has 3 heterocycles. The zero-order chi connectivity index (χ0) is 23.4. The lowest BCUT2D eigenvalue weighted by Gasteiger charge is -2.12. The van der Waals surface area contributed by atoms with Gasteiger partial charge in [0.1, 0.15) is 0 Å². The number of benzene rings is 1. The van der Waals surface area contributed by atoms with Gasteiger partial charge in [0.2, 0.25) is 0 Å². The summed E-state index contributed by atoms with van der Waals surface area (Å²) in [7, 11) is 0. The molecule has 0 amide bonds. The molecule has 6 nitrogen and oxygen atoms in total. The molecular weight excluding hydrogens is 449 g/mol. The van der Waals surface area contributed by atoms with Crippen molar-refractivity contribution in [2.45, 2.75) is 25.9 Å². The van der Waals surface area contributed by atoms with E-state index < -0.39 is 11.7 Å². The van der Waals surface area contributed by atoms with E-state index in [4.69, 9.17) is 0 Å². The molecule has 3 aromatic heterocycles. The molecule has 4 aromatic rings. The van der Waals surface area contributed by atoms with Crippen molar-refractivity contribution in [3.63, 3.8) is 0 Å². The van der Waals surface area contributed by atoms with E-state index in [9.17, 15) is 13.2 Å². The molecule has 10 heteroatoms. The number of hydrogen-bond donors (Lipinski definition) is 3. The van der Waals surface area contributed by atoms with Crippen LogP contribution in [0.25, 0.3) is 11.3 Å². The third-order valence-corrected chi connectivity index (χ3v) is 5.51. The maximum atomic E-state index is 12.9. The Morgan fingerprint density at radius 1 is 0.879 bits per heavy atom. The molecule has 0 unspecified atom stereocenters. The highest BCUT2D eigenvalue weighted by atomic mass is 32.1. The van der Waals surface area contributed by atoms with Crippen molar-refractivity contribution in [1.29, 1.82) is 0 Å². The van der Waals surface area contributed by atoms with Gasteiger partial charge in [-0.05, 0) is 41.8 Å². The second kappa shape index (κ2) is 9.45. The first-order valence-electron chi connectivity index (χ1n) is 10.1. The fourth-order valence-electron chi connectivity index (χ4n) is 3.00. The number of alkyl halides is 3. The number of anilines is 4. The standard InChI is InChI=1S/C23H21F3N6S/c1-14(2)15-6-19(11-27-9-15)31-32-20-7-16(10-28-12-20)21-13-33-22(30-21)29-18-5-3-4-17(8-18)23(24,25)26/h3-14,31-32H,1-2H3,(H,29,30). The van der Waals surface area contributed by atoms with E-state index in [1.807, 2.05) is 23.7 Å². The summed E-state index contributed by atoms with van der Waals surface area (Å²) in [6.45, 7) is 4.21. The summed E-state index contributed by atoms with van der Waals surface area (Å²) in [5, 5.41) is 5.24. The van der Waals surface area contributed by atoms with Crippen LogP contribution in [0.15, 0.2) is 66.6 Å². The quantitative estimate of drug-likeness (QED) is 0.255. The number of thiazole rings is 1. The highest BCUT2D eigenvalue weighted by molar-refractivity contribution is 7.14. The highest BCUT2D eigenvalue weighted by Gasteiger charge is 2.30. The molecule has 0 saturated heterocycles. The minimum Gasteiger partial charge on any atom is -0.332 e. The van der Waals surface area contributed by atoms with Crippen LogP contribution < -0.4 is 16.2 Å². The van der Waals surface area contributed by atoms with Gasteiger partial charge in [-0.1, -0.05) is 19.9 Å². The molecule has 0 radical (unpaired) electrons. The van der Waals surface area contributed by atoms with Crippen molar-refractivity contribution >= 4 is 33.5 Å². The van der Waals surface area contributed by atoms with Gasteiger partial charge < -0.3 is 5.32 Å². The fourth-order valence-corrected chi connectivity index (χ4v) is 3.73. The predicted octanol–water partition coefficient (Wildman–Crippen LogP) is 6.92. The maximum absolute atomic E-state index is 12.9. The van der Waals surface area contributed by atoms with Crippen LogP contribution in [0.4, 0.5) is 35.4 Å². The number of nitrogens with one attached hydrogen (secondary N) is 3. The molecule has 33 heavy (non-hydrogen) atoms. The Balaban J connectivity index is 1.45. The van der Waals surface area contributed by atoms with Gasteiger partial charge >= 0.3 is 6.18 Å². The van der Waals surface area contributed by atoms with Gasteiger partial charge in [-0.2, -0.15) is 13.2 Å². The second-order valence-corrected chi connectivity index (χ2v) is 8.47. The van der Waals surface area contributed by atoms with E-state index in [0.29, 0.717) is 22.4 Å². The maximum Gasteiger partial charge on any atom is 0.416 e. The number of hydrazine groups is 1. The fraction of sp³-hybridized carbons (Fsp3) is 0.174. The van der Waals surface area contributed by atoms with E-state index in [1.54, 1.807) is 24.7 Å². The summed E-state index contributed by atoms with van der Waals surface area (Å²) in [6, 6.07) is 8.92. The zero-order valence-electron chi connectivity index (χ0n) is 17.8. The van der Waals surface area contributed by atoms with Crippen LogP contribution in [0.5, 0.6) is 0 Å². The molecule has 0 aliphatic rings. The molecule has 1 aromatic carbocycles. The lowest BCUT2D eigenvalue weighted by Crippen LogP contribution is -2.09. The lowest BCUT2D eigenvalue weighted by atomic mass is 10.1. The molecule has 0 fully saturated rings. The number of aromatic nitrogens is 3. The minimum atomic E-state index is -4.40. The highest BCUT2D eigenvalue weighted by Crippen LogP contribution is 2.33. The van der Waals surface area contributed by atoms with Gasteiger partial charge in [0.15, 0.2) is 5.13 Å². The summed E-state index contributed by atoms with van der Waals surface area (Å²) in [5.41, 5.74) is 9.93. The van der Waals surface area contributed by atoms with E-state index >= 15 is 0 Å². The van der Waals surface area contributed by atoms with Gasteiger partial charge in [-0.15, -0.1) is 11.3 Å². The summed E-state index contributed by atoms with van der Waals surface area (Å²) in [6.07, 6.45) is 2.51. The molecule has 0 bridgehead atoms. The summed E-state index contributed by atoms with van der Waals surface area (Å²) >= 11 is 1.30. The molecule has 0 saturated carbocycles. The van der Waals surface area contributed by atoms with Crippen molar-refractivity contribution in [2.24, 2.45) is 0 Å². The minimum absolute atomic E-state index is 0.320. The van der Waals surface area contributed by atoms with E-state index in [2.05, 4.69) is 45.0 Å². The van der Waals surface area contributed by atoms with Crippen molar-refractivity contribution in [1.82, 2.24) is 15.0 Å². The lowest BCUT2D eigenvalue weighted by molar-refractivity contribution is -0.137. The largest absolute Gasteiger partial charge is 0.416 e. The third kappa shape index (κ3) is 5.78. The van der Waals surface area contributed by atoms with Crippen LogP contribution in [-0.4, -0.2) is 15.0 Å². The van der Waals surface area contributed by atoms with Crippen molar-refractivity contribution in [2.75, 3.05) is 16.2 Å². The van der Waals surface area contributed by atoms with Gasteiger partial charge in [-0.3, -0.25) is 20.8 Å². The van der Waals surface area contributed by atoms with E-state index in [0.717, 1.165) is 34.6 Å². The number of rotatable bonds is 7. The smallest absolute Gasteiger partial charge is 0.332 e. The number of halogens is 3. The third-order valence-electron chi connectivity index (χ3n) is 4.76. The van der Waals surface area contributed by atoms with Crippen LogP contribution in [0.2, 0.25) is 0 Å². The predicted molar refractivity (Wildman–Crippen MR) is 126 cm³/mol. The Labute approximate surface area is 192 Å². The first-order valence-corrected chi connectivity index (χ1v) is 11.0. The molecule has 0 spiro atoms. The molecule has 0 atom stereocenters. The van der Waals surface area contributed by atoms with Gasteiger partial charge in [0.25, 0.3) is 0 Å². The number of pyridine rings is 2. The molecule has 3 N–H and O–H groups in total. The molecule has 170 valence electrons. The van der Waals surface area contributed by atoms with Crippen LogP contribution in [0.3, 0.4) is 0 Å². The Kier molecular flexibility index (Phi) is 6.45. The Hall–Kier alpha value is -3.66. The SMILES string of the molecule is CC(C)c1cncc(NNc2cncc(-c3csc(Nc4cccc(C(F)(F)F)c4)n3)c2)c1. The normalized spacial score (nSPS) is 11.5. The van der Waals surface area contributed by atoms with Gasteiger partial charge in [0.05, 0.1) is 35.0 Å². The van der Waals surface area contributed by atoms with E-state index in [1.165, 1.54) is 17.4 Å². The first kappa shape index (κ1) is 22.5. The Morgan fingerprint density at radius 2 is 1.61 bits per heavy atom. The second-order valence-electron chi connectivity index (χ2n) is 7.62. The number of hydrogen-bond acceptors (Lipinski definition) is 7. The van der Waals surface area contributed by atoms with Crippen molar-refractivity contribution in [3.05, 3.63) is 77.7 Å². The van der Waals surface area contributed by atoms with Gasteiger partial charge in [-0.25, -0.2) is 4.98 Å².